The second kappa shape index (κ2) is 15.1. The van der Waals surface area contributed by atoms with E-state index in [0.717, 1.165) is 63.8 Å². The van der Waals surface area contributed by atoms with E-state index in [4.69, 9.17) is 15.2 Å². The Morgan fingerprint density at radius 3 is 2.38 bits per heavy atom. The third kappa shape index (κ3) is 9.21. The summed E-state index contributed by atoms with van der Waals surface area (Å²) in [5.41, 5.74) is 8.95. The molecule has 2 fully saturated rings. The van der Waals surface area contributed by atoms with Gasteiger partial charge in [-0.2, -0.15) is 0 Å². The van der Waals surface area contributed by atoms with Gasteiger partial charge in [0.1, 0.15) is 11.3 Å². The van der Waals surface area contributed by atoms with E-state index in [0.29, 0.717) is 64.3 Å². The van der Waals surface area contributed by atoms with Crippen LogP contribution < -0.4 is 15.4 Å². The van der Waals surface area contributed by atoms with Gasteiger partial charge in [-0.05, 0) is 24.7 Å². The molecule has 3 N–H and O–H groups in total. The predicted molar refractivity (Wildman–Crippen MR) is 164 cm³/mol. The zero-order chi connectivity index (χ0) is 31.8. The van der Waals surface area contributed by atoms with Crippen LogP contribution >= 0.6 is 11.3 Å². The number of carbonyl (C=O) groups is 1. The van der Waals surface area contributed by atoms with E-state index in [9.17, 15) is 18.0 Å². The minimum Gasteiger partial charge on any atom is -0.676 e. The molecule has 2 aliphatic heterocycles. The molecule has 3 aromatic heterocycles. The molecule has 6 rings (SSSR count). The number of ether oxygens (including phenoxy) is 3. The van der Waals surface area contributed by atoms with E-state index in [1.807, 2.05) is 0 Å². The first-order valence-corrected chi connectivity index (χ1v) is 15.3. The average molecular weight is 651 g/mol. The highest BCUT2D eigenvalue weighted by atomic mass is 32.1. The van der Waals surface area contributed by atoms with Crippen molar-refractivity contribution in [2.45, 2.75) is 6.36 Å². The summed E-state index contributed by atoms with van der Waals surface area (Å²) < 4.78 is 54.2. The average Bonchev–Trinajstić information content (AvgIpc) is 3.56. The zero-order valence-corrected chi connectivity index (χ0v) is 25.5. The number of anilines is 2. The first-order valence-electron chi connectivity index (χ1n) is 14.5. The van der Waals surface area contributed by atoms with Crippen molar-refractivity contribution in [2.24, 2.45) is 7.05 Å². The molecule has 5 heterocycles. The molecule has 13 nitrogen and oxygen atoms in total. The summed E-state index contributed by atoms with van der Waals surface area (Å²) in [4.78, 5) is 30.4. The Labute approximate surface area is 261 Å². The van der Waals surface area contributed by atoms with Crippen molar-refractivity contribution in [2.75, 3.05) is 84.1 Å². The lowest BCUT2D eigenvalue weighted by molar-refractivity contribution is -0.274. The third-order valence-electron chi connectivity index (χ3n) is 7.13. The molecule has 0 aliphatic carbocycles. The molecular formula is C28H35F3N9O4S-. The van der Waals surface area contributed by atoms with Gasteiger partial charge in [0, 0.05) is 58.6 Å². The van der Waals surface area contributed by atoms with E-state index >= 15 is 0 Å². The standard InChI is InChI=1S/C22H22F3N7O3S.C6H13N2O/c1-31-18-16(10-13(12-27-18)19(33)26-4-5-32-6-8-34-9-7-32)28-20(31)30-21-29-15-3-2-14(11-17(15)36-21)35-22(23,24)25;7-1-2-8-3-5-9-6-4-8/h2-3,10-12H,4-9H2,1H3,(H,26,33)(H,28,29,30);7H,1-6H2/q;-1. The van der Waals surface area contributed by atoms with Crippen molar-refractivity contribution in [1.82, 2.24) is 34.6 Å². The summed E-state index contributed by atoms with van der Waals surface area (Å²) in [5.74, 6) is -0.123. The maximum absolute atomic E-state index is 12.6. The van der Waals surface area contributed by atoms with Crippen molar-refractivity contribution < 1.29 is 32.2 Å². The van der Waals surface area contributed by atoms with Gasteiger partial charge in [-0.15, -0.1) is 19.7 Å². The van der Waals surface area contributed by atoms with Gasteiger partial charge in [0.05, 0.1) is 42.2 Å². The fourth-order valence-corrected chi connectivity index (χ4v) is 5.69. The highest BCUT2D eigenvalue weighted by Crippen LogP contribution is 2.33. The Morgan fingerprint density at radius 2 is 1.71 bits per heavy atom. The molecule has 17 heteroatoms. The minimum absolute atomic E-state index is 0.235. The van der Waals surface area contributed by atoms with Gasteiger partial charge in [0.25, 0.3) is 5.91 Å². The zero-order valence-electron chi connectivity index (χ0n) is 24.7. The fraction of sp³-hybridized carbons (Fsp3) is 0.500. The number of imidazole rings is 1. The van der Waals surface area contributed by atoms with Crippen molar-refractivity contribution in [3.63, 3.8) is 0 Å². The highest BCUT2D eigenvalue weighted by Gasteiger charge is 2.31. The van der Waals surface area contributed by atoms with Gasteiger partial charge < -0.3 is 35.5 Å². The van der Waals surface area contributed by atoms with Crippen LogP contribution in [-0.2, 0) is 16.5 Å². The van der Waals surface area contributed by atoms with Crippen molar-refractivity contribution in [3.05, 3.63) is 41.8 Å². The predicted octanol–water partition coefficient (Wildman–Crippen LogP) is 3.65. The topological polar surface area (TPSA) is 143 Å². The van der Waals surface area contributed by atoms with Gasteiger partial charge in [0.15, 0.2) is 10.8 Å². The van der Waals surface area contributed by atoms with Crippen molar-refractivity contribution in [3.8, 4) is 5.75 Å². The molecule has 0 spiro atoms. The Morgan fingerprint density at radius 1 is 1.02 bits per heavy atom. The number of nitrogens with one attached hydrogen (secondary N) is 3. The number of benzene rings is 1. The quantitative estimate of drug-likeness (QED) is 0.276. The second-order valence-electron chi connectivity index (χ2n) is 10.3. The van der Waals surface area contributed by atoms with E-state index in [1.165, 1.54) is 24.4 Å². The van der Waals surface area contributed by atoms with E-state index < -0.39 is 6.36 Å². The molecule has 2 aliphatic rings. The van der Waals surface area contributed by atoms with Crippen LogP contribution in [0.15, 0.2) is 30.5 Å². The van der Waals surface area contributed by atoms with Crippen LogP contribution in [0.1, 0.15) is 10.4 Å². The number of nitrogens with zero attached hydrogens (tertiary/aromatic N) is 6. The summed E-state index contributed by atoms with van der Waals surface area (Å²) in [5, 5.41) is 6.42. The number of amides is 1. The number of pyridine rings is 1. The number of hydrogen-bond acceptors (Lipinski definition) is 11. The molecule has 0 atom stereocenters. The highest BCUT2D eigenvalue weighted by molar-refractivity contribution is 7.22. The number of carbonyl (C=O) groups excluding carboxylic acids is 1. The number of halogens is 3. The number of aryl methyl sites for hydroxylation is 1. The van der Waals surface area contributed by atoms with Gasteiger partial charge in [0.2, 0.25) is 5.95 Å². The number of alkyl halides is 3. The number of fused-ring (bicyclic) bond motifs is 2. The number of morpholine rings is 2. The Kier molecular flexibility index (Phi) is 11.0. The number of thiazole rings is 1. The summed E-state index contributed by atoms with van der Waals surface area (Å²) in [6.45, 7) is 9.51. The van der Waals surface area contributed by atoms with Crippen LogP contribution in [0.4, 0.5) is 24.3 Å². The molecular weight excluding hydrogens is 615 g/mol. The molecule has 0 radical (unpaired) electrons. The maximum Gasteiger partial charge on any atom is 0.573 e. The molecule has 4 aromatic rings. The summed E-state index contributed by atoms with van der Waals surface area (Å²) in [6.07, 6.45) is -3.27. The Hall–Kier alpha value is -3.61. The molecule has 0 unspecified atom stereocenters. The lowest BCUT2D eigenvalue weighted by Crippen LogP contribution is -2.41. The van der Waals surface area contributed by atoms with E-state index in [1.54, 1.807) is 17.7 Å². The van der Waals surface area contributed by atoms with Crippen LogP contribution in [-0.4, -0.2) is 120 Å². The van der Waals surface area contributed by atoms with Crippen LogP contribution in [0.2, 0.25) is 0 Å². The molecule has 45 heavy (non-hydrogen) atoms. The lowest BCUT2D eigenvalue weighted by Gasteiger charge is -2.27. The molecule has 1 amide bonds. The molecule has 0 bridgehead atoms. The van der Waals surface area contributed by atoms with Gasteiger partial charge >= 0.3 is 6.36 Å². The fourth-order valence-electron chi connectivity index (χ4n) is 4.80. The molecule has 0 saturated carbocycles. The molecule has 244 valence electrons. The summed E-state index contributed by atoms with van der Waals surface area (Å²) >= 11 is 1.16. The number of rotatable bonds is 9. The van der Waals surface area contributed by atoms with Gasteiger partial charge in [-0.1, -0.05) is 11.3 Å². The van der Waals surface area contributed by atoms with Gasteiger partial charge in [-0.3, -0.25) is 14.3 Å². The first kappa shape index (κ1) is 32.8. The summed E-state index contributed by atoms with van der Waals surface area (Å²) in [7, 11) is 1.76. The molecule has 1 aromatic carbocycles. The third-order valence-corrected chi connectivity index (χ3v) is 8.07. The number of aromatic nitrogens is 4. The minimum atomic E-state index is -4.77. The Bertz CT molecular complexity index is 1570. The van der Waals surface area contributed by atoms with Crippen LogP contribution in [0.25, 0.3) is 27.1 Å². The smallest absolute Gasteiger partial charge is 0.573 e. The summed E-state index contributed by atoms with van der Waals surface area (Å²) in [6, 6.07) is 5.62. The van der Waals surface area contributed by atoms with Crippen molar-refractivity contribution >= 4 is 49.7 Å². The van der Waals surface area contributed by atoms with E-state index in [2.05, 4.69) is 40.1 Å². The van der Waals surface area contributed by atoms with Crippen LogP contribution in [0, 0.1) is 0 Å². The molecule has 2 saturated heterocycles. The van der Waals surface area contributed by atoms with Crippen LogP contribution in [0.5, 0.6) is 5.75 Å². The SMILES string of the molecule is Cn1c(Nc2nc3ccc(OC(F)(F)F)cc3s2)nc2cc(C(=O)NCCN3CCOCC3)cnc21.[NH-]CCN1CCOCC1. The maximum atomic E-state index is 12.6. The first-order chi connectivity index (χ1) is 21.7. The van der Waals surface area contributed by atoms with E-state index in [-0.39, 0.29) is 11.7 Å². The largest absolute Gasteiger partial charge is 0.676 e. The normalized spacial score (nSPS) is 16.4. The monoisotopic (exact) mass is 650 g/mol. The Balaban J connectivity index is 0.000000383. The lowest BCUT2D eigenvalue weighted by atomic mass is 10.2. The van der Waals surface area contributed by atoms with Crippen LogP contribution in [0.3, 0.4) is 0 Å². The number of hydrogen-bond donors (Lipinski definition) is 2. The van der Waals surface area contributed by atoms with Gasteiger partial charge in [-0.25, -0.2) is 15.0 Å². The second-order valence-corrected chi connectivity index (χ2v) is 11.3. The van der Waals surface area contributed by atoms with Crippen molar-refractivity contribution in [1.29, 1.82) is 0 Å².